The fourth-order valence-corrected chi connectivity index (χ4v) is 2.53. The molecule has 1 aromatic carbocycles. The molecule has 0 amide bonds. The first-order valence-corrected chi connectivity index (χ1v) is 5.86. The number of hydrogen-bond acceptors (Lipinski definition) is 0. The molecule has 1 fully saturated rings. The average molecular weight is 225 g/mol. The van der Waals surface area contributed by atoms with E-state index >= 15 is 0 Å². The van der Waals surface area contributed by atoms with Crippen molar-refractivity contribution in [1.82, 2.24) is 0 Å². The van der Waals surface area contributed by atoms with E-state index in [4.69, 9.17) is 11.6 Å². The SMILES string of the molecule is C[N+](C)(C)CC1(c2ccc(Cl)cc2)CC1. The lowest BCUT2D eigenvalue weighted by Crippen LogP contribution is -2.41. The van der Waals surface area contributed by atoms with Crippen molar-refractivity contribution in [1.29, 1.82) is 0 Å². The van der Waals surface area contributed by atoms with E-state index in [2.05, 4.69) is 33.3 Å². The van der Waals surface area contributed by atoms with Gasteiger partial charge in [0.15, 0.2) is 0 Å². The maximum Gasteiger partial charge on any atom is 0.0878 e. The summed E-state index contributed by atoms with van der Waals surface area (Å²) in [7, 11) is 6.78. The summed E-state index contributed by atoms with van der Waals surface area (Å²) < 4.78 is 1.03. The van der Waals surface area contributed by atoms with E-state index in [0.717, 1.165) is 9.51 Å². The Morgan fingerprint density at radius 3 is 2.07 bits per heavy atom. The minimum Gasteiger partial charge on any atom is -0.330 e. The number of hydrogen-bond donors (Lipinski definition) is 0. The van der Waals surface area contributed by atoms with E-state index in [-0.39, 0.29) is 0 Å². The van der Waals surface area contributed by atoms with Gasteiger partial charge in [0.1, 0.15) is 0 Å². The third kappa shape index (κ3) is 2.53. The van der Waals surface area contributed by atoms with Gasteiger partial charge in [-0.05, 0) is 30.5 Å². The van der Waals surface area contributed by atoms with Gasteiger partial charge in [-0.15, -0.1) is 0 Å². The van der Waals surface area contributed by atoms with Crippen LogP contribution < -0.4 is 0 Å². The number of nitrogens with zero attached hydrogens (tertiary/aromatic N) is 1. The molecule has 1 nitrogen and oxygen atoms in total. The molecule has 1 saturated carbocycles. The number of rotatable bonds is 3. The third-order valence-corrected chi connectivity index (χ3v) is 3.34. The van der Waals surface area contributed by atoms with Gasteiger partial charge in [0.05, 0.1) is 27.7 Å². The highest BCUT2D eigenvalue weighted by atomic mass is 35.5. The van der Waals surface area contributed by atoms with Crippen LogP contribution in [0.3, 0.4) is 0 Å². The number of likely N-dealkylation sites (N-methyl/N-ethyl adjacent to an activating group) is 1. The Hall–Kier alpha value is -0.530. The van der Waals surface area contributed by atoms with Crippen LogP contribution in [0.1, 0.15) is 18.4 Å². The summed E-state index contributed by atoms with van der Waals surface area (Å²) in [6, 6.07) is 8.38. The van der Waals surface area contributed by atoms with Gasteiger partial charge < -0.3 is 4.48 Å². The molecule has 15 heavy (non-hydrogen) atoms. The molecule has 0 unspecified atom stereocenters. The molecule has 1 aromatic rings. The Morgan fingerprint density at radius 1 is 1.13 bits per heavy atom. The molecule has 0 bridgehead atoms. The van der Waals surface area contributed by atoms with Crippen molar-refractivity contribution in [3.63, 3.8) is 0 Å². The minimum absolute atomic E-state index is 0.433. The molecule has 0 saturated heterocycles. The fourth-order valence-electron chi connectivity index (χ4n) is 2.40. The molecule has 0 N–H and O–H groups in total. The van der Waals surface area contributed by atoms with E-state index in [0.29, 0.717) is 5.41 Å². The molecule has 0 heterocycles. The van der Waals surface area contributed by atoms with Crippen LogP contribution in [0.25, 0.3) is 0 Å². The zero-order valence-corrected chi connectivity index (χ0v) is 10.5. The van der Waals surface area contributed by atoms with E-state index < -0.39 is 0 Å². The summed E-state index contributed by atoms with van der Waals surface area (Å²) in [5.74, 6) is 0. The van der Waals surface area contributed by atoms with Crippen LogP contribution in [0, 0.1) is 0 Å². The van der Waals surface area contributed by atoms with Crippen LogP contribution in [-0.4, -0.2) is 32.2 Å². The van der Waals surface area contributed by atoms with Crippen molar-refractivity contribution in [2.24, 2.45) is 0 Å². The van der Waals surface area contributed by atoms with Crippen molar-refractivity contribution < 1.29 is 4.48 Å². The highest BCUT2D eigenvalue weighted by Crippen LogP contribution is 2.49. The topological polar surface area (TPSA) is 0 Å². The molecule has 82 valence electrons. The van der Waals surface area contributed by atoms with Crippen molar-refractivity contribution >= 4 is 11.6 Å². The highest BCUT2D eigenvalue weighted by molar-refractivity contribution is 6.30. The van der Waals surface area contributed by atoms with Crippen LogP contribution in [0.2, 0.25) is 5.02 Å². The lowest BCUT2D eigenvalue weighted by molar-refractivity contribution is -0.873. The van der Waals surface area contributed by atoms with Crippen LogP contribution in [0.15, 0.2) is 24.3 Å². The quantitative estimate of drug-likeness (QED) is 0.693. The van der Waals surface area contributed by atoms with Gasteiger partial charge in [-0.25, -0.2) is 0 Å². The van der Waals surface area contributed by atoms with E-state index in [1.165, 1.54) is 24.9 Å². The second-order valence-electron chi connectivity index (χ2n) is 5.74. The van der Waals surface area contributed by atoms with Gasteiger partial charge in [-0.3, -0.25) is 0 Å². The molecule has 0 radical (unpaired) electrons. The van der Waals surface area contributed by atoms with Crippen molar-refractivity contribution in [3.05, 3.63) is 34.9 Å². The second kappa shape index (κ2) is 3.50. The summed E-state index contributed by atoms with van der Waals surface area (Å²) in [6.07, 6.45) is 2.65. The zero-order valence-electron chi connectivity index (χ0n) is 9.76. The molecule has 0 aromatic heterocycles. The number of halogens is 1. The number of quaternary nitrogens is 1. The van der Waals surface area contributed by atoms with Crippen LogP contribution >= 0.6 is 11.6 Å². The minimum atomic E-state index is 0.433. The first-order chi connectivity index (χ1) is 6.91. The Kier molecular flexibility index (Phi) is 2.56. The summed E-state index contributed by atoms with van der Waals surface area (Å²) in [4.78, 5) is 0. The molecular formula is C13H19ClN+. The second-order valence-corrected chi connectivity index (χ2v) is 6.17. The summed E-state index contributed by atoms with van der Waals surface area (Å²) in [6.45, 7) is 1.22. The van der Waals surface area contributed by atoms with Crippen molar-refractivity contribution in [3.8, 4) is 0 Å². The maximum atomic E-state index is 5.91. The lowest BCUT2D eigenvalue weighted by Gasteiger charge is -2.29. The summed E-state index contributed by atoms with van der Waals surface area (Å²) in [5, 5.41) is 0.833. The van der Waals surface area contributed by atoms with Crippen LogP contribution in [-0.2, 0) is 5.41 Å². The monoisotopic (exact) mass is 224 g/mol. The maximum absolute atomic E-state index is 5.91. The molecule has 2 rings (SSSR count). The van der Waals surface area contributed by atoms with Gasteiger partial charge in [0.2, 0.25) is 0 Å². The van der Waals surface area contributed by atoms with Crippen LogP contribution in [0.5, 0.6) is 0 Å². The average Bonchev–Trinajstić information content (AvgIpc) is 2.83. The molecule has 0 spiro atoms. The fraction of sp³-hybridized carbons (Fsp3) is 0.538. The molecule has 1 aliphatic rings. The Balaban J connectivity index is 2.20. The summed E-state index contributed by atoms with van der Waals surface area (Å²) in [5.41, 5.74) is 1.89. The Morgan fingerprint density at radius 2 is 1.67 bits per heavy atom. The van der Waals surface area contributed by atoms with E-state index in [1.807, 2.05) is 12.1 Å². The normalized spacial score (nSPS) is 18.9. The van der Waals surface area contributed by atoms with E-state index in [9.17, 15) is 0 Å². The predicted molar refractivity (Wildman–Crippen MR) is 65.3 cm³/mol. The molecular weight excluding hydrogens is 206 g/mol. The van der Waals surface area contributed by atoms with Gasteiger partial charge in [-0.2, -0.15) is 0 Å². The molecule has 0 atom stereocenters. The molecule has 1 aliphatic carbocycles. The lowest BCUT2D eigenvalue weighted by atomic mass is 9.95. The van der Waals surface area contributed by atoms with Crippen molar-refractivity contribution in [2.75, 3.05) is 27.7 Å². The highest BCUT2D eigenvalue weighted by Gasteiger charge is 2.48. The molecule has 0 aliphatic heterocycles. The predicted octanol–water partition coefficient (Wildman–Crippen LogP) is 3.08. The smallest absolute Gasteiger partial charge is 0.0878 e. The zero-order chi connectivity index (χ0) is 11.1. The van der Waals surface area contributed by atoms with Gasteiger partial charge in [0.25, 0.3) is 0 Å². The van der Waals surface area contributed by atoms with Gasteiger partial charge in [0, 0.05) is 10.4 Å². The van der Waals surface area contributed by atoms with E-state index in [1.54, 1.807) is 0 Å². The molecule has 2 heteroatoms. The van der Waals surface area contributed by atoms with Crippen molar-refractivity contribution in [2.45, 2.75) is 18.3 Å². The van der Waals surface area contributed by atoms with Crippen LogP contribution in [0.4, 0.5) is 0 Å². The largest absolute Gasteiger partial charge is 0.330 e. The standard InChI is InChI=1S/C13H19ClN/c1-15(2,3)10-13(8-9-13)11-4-6-12(14)7-5-11/h4-7H,8-10H2,1-3H3/q+1. The number of benzene rings is 1. The summed E-state index contributed by atoms with van der Waals surface area (Å²) >= 11 is 5.91. The van der Waals surface area contributed by atoms with Gasteiger partial charge >= 0.3 is 0 Å². The first kappa shape index (κ1) is 11.0. The Labute approximate surface area is 97.3 Å². The first-order valence-electron chi connectivity index (χ1n) is 5.48. The third-order valence-electron chi connectivity index (χ3n) is 3.09. The van der Waals surface area contributed by atoms with Gasteiger partial charge in [-0.1, -0.05) is 23.7 Å². The Bertz CT molecular complexity index is 344.